The third-order valence-corrected chi connectivity index (χ3v) is 3.27. The molecule has 20 heavy (non-hydrogen) atoms. The average molecular weight is 276 g/mol. The van der Waals surface area contributed by atoms with Gasteiger partial charge in [-0.3, -0.25) is 9.59 Å². The van der Waals surface area contributed by atoms with E-state index >= 15 is 0 Å². The molecule has 1 aromatic rings. The lowest BCUT2D eigenvalue weighted by Gasteiger charge is -2.31. The molecule has 2 rings (SSSR count). The van der Waals surface area contributed by atoms with Crippen molar-refractivity contribution in [2.45, 2.75) is 6.54 Å². The highest BCUT2D eigenvalue weighted by molar-refractivity contribution is 6.35. The third kappa shape index (κ3) is 2.79. The maximum atomic E-state index is 11.8. The van der Waals surface area contributed by atoms with Gasteiger partial charge in [-0.15, -0.1) is 0 Å². The van der Waals surface area contributed by atoms with E-state index in [4.69, 9.17) is 0 Å². The first kappa shape index (κ1) is 14.0. The van der Waals surface area contributed by atoms with Crippen molar-refractivity contribution < 1.29 is 19.1 Å². The molecule has 0 radical (unpaired) electrons. The smallest absolute Gasteiger partial charge is 0.337 e. The van der Waals surface area contributed by atoms with E-state index in [1.807, 2.05) is 0 Å². The van der Waals surface area contributed by atoms with Crippen molar-refractivity contribution in [1.29, 1.82) is 0 Å². The van der Waals surface area contributed by atoms with E-state index in [1.165, 1.54) is 16.9 Å². The van der Waals surface area contributed by atoms with E-state index in [0.29, 0.717) is 25.2 Å². The van der Waals surface area contributed by atoms with Crippen LogP contribution in [0.4, 0.5) is 0 Å². The van der Waals surface area contributed by atoms with Crippen molar-refractivity contribution in [3.8, 4) is 0 Å². The van der Waals surface area contributed by atoms with E-state index in [1.54, 1.807) is 31.3 Å². The Morgan fingerprint density at radius 1 is 1.15 bits per heavy atom. The molecule has 1 aliphatic rings. The van der Waals surface area contributed by atoms with Crippen LogP contribution >= 0.6 is 0 Å². The largest absolute Gasteiger partial charge is 0.465 e. The average Bonchev–Trinajstić information content (AvgIpc) is 2.48. The lowest BCUT2D eigenvalue weighted by molar-refractivity contribution is -0.155. The highest BCUT2D eigenvalue weighted by Crippen LogP contribution is 2.11. The van der Waals surface area contributed by atoms with E-state index in [9.17, 15) is 14.4 Å². The van der Waals surface area contributed by atoms with Gasteiger partial charge in [-0.2, -0.15) is 0 Å². The summed E-state index contributed by atoms with van der Waals surface area (Å²) < 4.78 is 4.62. The Kier molecular flexibility index (Phi) is 4.02. The highest BCUT2D eigenvalue weighted by atomic mass is 16.5. The number of carbonyl (C=O) groups excluding carboxylic acids is 3. The Morgan fingerprint density at radius 2 is 1.80 bits per heavy atom. The number of esters is 1. The predicted octanol–water partition coefficient (Wildman–Crippen LogP) is 0.274. The molecule has 1 saturated heterocycles. The fraction of sp³-hybridized carbons (Fsp3) is 0.357. The molecule has 6 nitrogen and oxygen atoms in total. The second-order valence-corrected chi connectivity index (χ2v) is 4.64. The summed E-state index contributed by atoms with van der Waals surface area (Å²) >= 11 is 0. The Hall–Kier alpha value is -2.37. The quantitative estimate of drug-likeness (QED) is 0.587. The van der Waals surface area contributed by atoms with Gasteiger partial charge in [0.25, 0.3) is 0 Å². The van der Waals surface area contributed by atoms with Crippen molar-refractivity contribution >= 4 is 17.8 Å². The van der Waals surface area contributed by atoms with Crippen molar-refractivity contribution in [2.75, 3.05) is 27.2 Å². The topological polar surface area (TPSA) is 66.9 Å². The standard InChI is InChI=1S/C14H16N2O4/c1-15-7-8-16(13(18)12(15)17)9-10-3-5-11(6-4-10)14(19)20-2/h3-6H,7-9H2,1-2H3. The van der Waals surface area contributed by atoms with Crippen molar-refractivity contribution in [1.82, 2.24) is 9.80 Å². The van der Waals surface area contributed by atoms with Gasteiger partial charge < -0.3 is 14.5 Å². The minimum absolute atomic E-state index is 0.361. The Balaban J connectivity index is 2.05. The molecule has 1 fully saturated rings. The van der Waals surface area contributed by atoms with Gasteiger partial charge in [-0.25, -0.2) is 4.79 Å². The summed E-state index contributed by atoms with van der Waals surface area (Å²) in [4.78, 5) is 37.6. The van der Waals surface area contributed by atoms with Crippen LogP contribution in [0.2, 0.25) is 0 Å². The van der Waals surface area contributed by atoms with Gasteiger partial charge >= 0.3 is 17.8 Å². The summed E-state index contributed by atoms with van der Waals surface area (Å²) in [6, 6.07) is 6.79. The molecule has 2 amide bonds. The molecule has 1 aromatic carbocycles. The van der Waals surface area contributed by atoms with Gasteiger partial charge in [0.05, 0.1) is 12.7 Å². The SMILES string of the molecule is COC(=O)c1ccc(CN2CCN(C)C(=O)C2=O)cc1. The first-order valence-electron chi connectivity index (χ1n) is 6.24. The molecule has 0 unspecified atom stereocenters. The minimum atomic E-state index is -0.490. The van der Waals surface area contributed by atoms with Crippen LogP contribution < -0.4 is 0 Å². The monoisotopic (exact) mass is 276 g/mol. The van der Waals surface area contributed by atoms with E-state index in [2.05, 4.69) is 4.74 Å². The number of piperazine rings is 1. The fourth-order valence-corrected chi connectivity index (χ4v) is 2.01. The molecule has 0 spiro atoms. The van der Waals surface area contributed by atoms with Gasteiger partial charge in [-0.05, 0) is 17.7 Å². The fourth-order valence-electron chi connectivity index (χ4n) is 2.01. The maximum absolute atomic E-state index is 11.8. The molecule has 0 atom stereocenters. The first-order valence-corrected chi connectivity index (χ1v) is 6.24. The molecule has 0 saturated carbocycles. The lowest BCUT2D eigenvalue weighted by atomic mass is 10.1. The summed E-state index contributed by atoms with van der Waals surface area (Å²) in [5, 5.41) is 0. The van der Waals surface area contributed by atoms with Crippen LogP contribution in [0.15, 0.2) is 24.3 Å². The van der Waals surface area contributed by atoms with Gasteiger partial charge in [0.15, 0.2) is 0 Å². The predicted molar refractivity (Wildman–Crippen MR) is 70.8 cm³/mol. The molecule has 106 valence electrons. The second kappa shape index (κ2) is 5.73. The van der Waals surface area contributed by atoms with Crippen LogP contribution in [-0.2, 0) is 20.9 Å². The van der Waals surface area contributed by atoms with Crippen molar-refractivity contribution in [3.05, 3.63) is 35.4 Å². The van der Waals surface area contributed by atoms with Crippen LogP contribution in [0, 0.1) is 0 Å². The number of hydrogen-bond acceptors (Lipinski definition) is 4. The van der Waals surface area contributed by atoms with Crippen LogP contribution in [-0.4, -0.2) is 54.8 Å². The summed E-state index contributed by atoms with van der Waals surface area (Å²) in [7, 11) is 2.94. The zero-order chi connectivity index (χ0) is 14.7. The van der Waals surface area contributed by atoms with E-state index in [0.717, 1.165) is 5.56 Å². The summed E-state index contributed by atoms with van der Waals surface area (Å²) in [5.41, 5.74) is 1.32. The first-order chi connectivity index (χ1) is 9.52. The van der Waals surface area contributed by atoms with Gasteiger partial charge in [-0.1, -0.05) is 12.1 Å². The molecule has 0 N–H and O–H groups in total. The minimum Gasteiger partial charge on any atom is -0.465 e. The number of rotatable bonds is 3. The summed E-state index contributed by atoms with van der Waals surface area (Å²) in [6.45, 7) is 1.41. The number of benzene rings is 1. The van der Waals surface area contributed by atoms with Gasteiger partial charge in [0, 0.05) is 26.7 Å². The van der Waals surface area contributed by atoms with Crippen LogP contribution in [0.5, 0.6) is 0 Å². The zero-order valence-corrected chi connectivity index (χ0v) is 11.5. The number of likely N-dealkylation sites (N-methyl/N-ethyl adjacent to an activating group) is 1. The van der Waals surface area contributed by atoms with Crippen LogP contribution in [0.25, 0.3) is 0 Å². The maximum Gasteiger partial charge on any atom is 0.337 e. The zero-order valence-electron chi connectivity index (χ0n) is 11.5. The number of nitrogens with zero attached hydrogens (tertiary/aromatic N) is 2. The number of carbonyl (C=O) groups is 3. The number of methoxy groups -OCH3 is 1. The van der Waals surface area contributed by atoms with E-state index < -0.39 is 17.8 Å². The van der Waals surface area contributed by atoms with Crippen LogP contribution in [0.1, 0.15) is 15.9 Å². The normalized spacial score (nSPS) is 15.5. The Labute approximate surface area is 116 Å². The molecule has 0 aromatic heterocycles. The molecule has 0 aliphatic carbocycles. The Bertz CT molecular complexity index is 539. The van der Waals surface area contributed by atoms with Gasteiger partial charge in [0.1, 0.15) is 0 Å². The lowest BCUT2D eigenvalue weighted by Crippen LogP contribution is -2.52. The molecule has 1 heterocycles. The second-order valence-electron chi connectivity index (χ2n) is 4.64. The molecule has 6 heteroatoms. The molecule has 1 aliphatic heterocycles. The highest BCUT2D eigenvalue weighted by Gasteiger charge is 2.29. The van der Waals surface area contributed by atoms with Crippen LogP contribution in [0.3, 0.4) is 0 Å². The molecule has 0 bridgehead atoms. The third-order valence-electron chi connectivity index (χ3n) is 3.27. The number of hydrogen-bond donors (Lipinski definition) is 0. The molecular formula is C14H16N2O4. The van der Waals surface area contributed by atoms with Crippen molar-refractivity contribution in [3.63, 3.8) is 0 Å². The number of amides is 2. The molecular weight excluding hydrogens is 260 g/mol. The Morgan fingerprint density at radius 3 is 2.40 bits per heavy atom. The van der Waals surface area contributed by atoms with Gasteiger partial charge in [0.2, 0.25) is 0 Å². The van der Waals surface area contributed by atoms with Crippen molar-refractivity contribution in [2.24, 2.45) is 0 Å². The summed E-state index contributed by atoms with van der Waals surface area (Å²) in [5.74, 6) is -1.37. The van der Waals surface area contributed by atoms with E-state index in [-0.39, 0.29) is 0 Å². The summed E-state index contributed by atoms with van der Waals surface area (Å²) in [6.07, 6.45) is 0. The number of ether oxygens (including phenoxy) is 1.